The van der Waals surface area contributed by atoms with Gasteiger partial charge in [-0.15, -0.1) is 0 Å². The molecule has 2 rings (SSSR count). The van der Waals surface area contributed by atoms with Crippen molar-refractivity contribution in [2.75, 3.05) is 7.11 Å². The third-order valence-corrected chi connectivity index (χ3v) is 4.63. The number of ether oxygens (including phenoxy) is 1. The maximum Gasteiger partial charge on any atom is 0.124 e. The summed E-state index contributed by atoms with van der Waals surface area (Å²) in [7, 11) is 1.67. The molecule has 1 unspecified atom stereocenters. The lowest BCUT2D eigenvalue weighted by atomic mass is 9.95. The summed E-state index contributed by atoms with van der Waals surface area (Å²) in [4.78, 5) is 0. The molecule has 0 saturated heterocycles. The molecule has 1 atom stereocenters. The van der Waals surface area contributed by atoms with Crippen LogP contribution in [0, 0.1) is 27.7 Å². The van der Waals surface area contributed by atoms with Gasteiger partial charge in [-0.05, 0) is 51.0 Å². The first-order valence-electron chi connectivity index (χ1n) is 6.52. The van der Waals surface area contributed by atoms with Crippen LogP contribution in [0.5, 0.6) is 5.75 Å². The van der Waals surface area contributed by atoms with Gasteiger partial charge in [0.25, 0.3) is 0 Å². The van der Waals surface area contributed by atoms with Gasteiger partial charge in [0.15, 0.2) is 0 Å². The van der Waals surface area contributed by atoms with Crippen LogP contribution >= 0.6 is 15.9 Å². The van der Waals surface area contributed by atoms with E-state index >= 15 is 0 Å². The fraction of sp³-hybridized carbons (Fsp3) is 0.375. The minimum Gasteiger partial charge on any atom is -0.496 e. The Kier molecular flexibility index (Phi) is 4.25. The van der Waals surface area contributed by atoms with E-state index in [1.165, 1.54) is 0 Å². The number of aryl methyl sites for hydroxylation is 3. The van der Waals surface area contributed by atoms with Crippen LogP contribution in [0.4, 0.5) is 0 Å². The second-order valence-corrected chi connectivity index (χ2v) is 5.93. The summed E-state index contributed by atoms with van der Waals surface area (Å²) in [6, 6.07) is 3.76. The Bertz CT molecular complexity index is 646. The maximum atomic E-state index is 6.47. The van der Waals surface area contributed by atoms with Crippen molar-refractivity contribution in [1.29, 1.82) is 0 Å². The second kappa shape index (κ2) is 5.62. The zero-order valence-corrected chi connectivity index (χ0v) is 14.1. The molecule has 1 aromatic heterocycles. The highest BCUT2D eigenvalue weighted by atomic mass is 79.9. The first kappa shape index (κ1) is 15.1. The van der Waals surface area contributed by atoms with Gasteiger partial charge in [0.2, 0.25) is 0 Å². The average Bonchev–Trinajstić information content (AvgIpc) is 2.65. The van der Waals surface area contributed by atoms with Gasteiger partial charge in [-0.1, -0.05) is 15.9 Å². The van der Waals surface area contributed by atoms with Crippen molar-refractivity contribution >= 4 is 15.9 Å². The van der Waals surface area contributed by atoms with Crippen molar-refractivity contribution in [2.24, 2.45) is 5.73 Å². The van der Waals surface area contributed by atoms with Gasteiger partial charge in [-0.25, -0.2) is 0 Å². The SMILES string of the molecule is COc1cc(C)c(Br)cc1C(N)c1c(C)oc(C)c1C. The summed E-state index contributed by atoms with van der Waals surface area (Å²) in [6.45, 7) is 7.98. The lowest BCUT2D eigenvalue weighted by molar-refractivity contribution is 0.407. The minimum atomic E-state index is -0.265. The van der Waals surface area contributed by atoms with Crippen LogP contribution in [0.1, 0.15) is 39.8 Å². The molecule has 20 heavy (non-hydrogen) atoms. The van der Waals surface area contributed by atoms with Crippen LogP contribution in [-0.4, -0.2) is 7.11 Å². The van der Waals surface area contributed by atoms with Crippen LogP contribution < -0.4 is 10.5 Å². The molecule has 0 spiro atoms. The molecule has 0 aliphatic rings. The first-order chi connectivity index (χ1) is 9.36. The summed E-state index contributed by atoms with van der Waals surface area (Å²) in [5, 5.41) is 0. The zero-order valence-electron chi connectivity index (χ0n) is 12.5. The van der Waals surface area contributed by atoms with Crippen molar-refractivity contribution in [3.63, 3.8) is 0 Å². The van der Waals surface area contributed by atoms with Crippen LogP contribution in [-0.2, 0) is 0 Å². The van der Waals surface area contributed by atoms with Gasteiger partial charge in [0.05, 0.1) is 13.2 Å². The second-order valence-electron chi connectivity index (χ2n) is 5.07. The first-order valence-corrected chi connectivity index (χ1v) is 7.32. The lowest BCUT2D eigenvalue weighted by Gasteiger charge is -2.18. The van der Waals surface area contributed by atoms with Crippen molar-refractivity contribution < 1.29 is 9.15 Å². The summed E-state index contributed by atoms with van der Waals surface area (Å²) >= 11 is 3.56. The molecule has 0 fully saturated rings. The van der Waals surface area contributed by atoms with E-state index in [1.54, 1.807) is 7.11 Å². The van der Waals surface area contributed by atoms with Gasteiger partial charge in [0.1, 0.15) is 17.3 Å². The van der Waals surface area contributed by atoms with Crippen molar-refractivity contribution in [3.05, 3.63) is 50.4 Å². The Balaban J connectivity index is 2.58. The highest BCUT2D eigenvalue weighted by Crippen LogP contribution is 2.36. The maximum absolute atomic E-state index is 6.47. The van der Waals surface area contributed by atoms with Gasteiger partial charge in [-0.3, -0.25) is 0 Å². The summed E-state index contributed by atoms with van der Waals surface area (Å²) in [5.74, 6) is 2.58. The molecule has 2 aromatic rings. The predicted octanol–water partition coefficient (Wildman–Crippen LogP) is 4.33. The van der Waals surface area contributed by atoms with Crippen LogP contribution in [0.2, 0.25) is 0 Å². The summed E-state index contributed by atoms with van der Waals surface area (Å²) in [5.41, 5.74) is 10.7. The topological polar surface area (TPSA) is 48.4 Å². The number of hydrogen-bond acceptors (Lipinski definition) is 3. The van der Waals surface area contributed by atoms with Gasteiger partial charge >= 0.3 is 0 Å². The lowest BCUT2D eigenvalue weighted by Crippen LogP contribution is -2.15. The number of rotatable bonds is 3. The molecule has 3 nitrogen and oxygen atoms in total. The van der Waals surface area contributed by atoms with Crippen molar-refractivity contribution in [1.82, 2.24) is 0 Å². The molecular formula is C16H20BrNO2. The number of halogens is 1. The standard InChI is InChI=1S/C16H20BrNO2/c1-8-6-14(19-5)12(7-13(8)17)16(18)15-9(2)10(3)20-11(15)4/h6-7,16H,18H2,1-5H3. The molecule has 1 aromatic carbocycles. The molecule has 108 valence electrons. The largest absolute Gasteiger partial charge is 0.496 e. The number of furan rings is 1. The fourth-order valence-electron chi connectivity index (χ4n) is 2.51. The monoisotopic (exact) mass is 337 g/mol. The van der Waals surface area contributed by atoms with E-state index < -0.39 is 0 Å². The fourth-order valence-corrected chi connectivity index (χ4v) is 2.87. The van der Waals surface area contributed by atoms with E-state index in [1.807, 2.05) is 39.8 Å². The Morgan fingerprint density at radius 3 is 2.30 bits per heavy atom. The van der Waals surface area contributed by atoms with E-state index in [0.29, 0.717) is 0 Å². The molecule has 0 aliphatic heterocycles. The average molecular weight is 338 g/mol. The number of benzene rings is 1. The number of hydrogen-bond donors (Lipinski definition) is 1. The highest BCUT2D eigenvalue weighted by Gasteiger charge is 2.22. The van der Waals surface area contributed by atoms with Crippen molar-refractivity contribution in [2.45, 2.75) is 33.7 Å². The molecule has 0 radical (unpaired) electrons. The van der Waals surface area contributed by atoms with Gasteiger partial charge < -0.3 is 14.9 Å². The normalized spacial score (nSPS) is 12.6. The molecular weight excluding hydrogens is 318 g/mol. The Hall–Kier alpha value is -1.26. The van der Waals surface area contributed by atoms with Gasteiger partial charge in [0, 0.05) is 15.6 Å². The van der Waals surface area contributed by atoms with E-state index in [0.717, 1.165) is 44.0 Å². The van der Waals surface area contributed by atoms with E-state index in [-0.39, 0.29) is 6.04 Å². The van der Waals surface area contributed by atoms with Crippen LogP contribution in [0.15, 0.2) is 21.0 Å². The van der Waals surface area contributed by atoms with E-state index in [9.17, 15) is 0 Å². The Morgan fingerprint density at radius 1 is 1.15 bits per heavy atom. The summed E-state index contributed by atoms with van der Waals surface area (Å²) < 4.78 is 12.2. The third-order valence-electron chi connectivity index (χ3n) is 3.77. The highest BCUT2D eigenvalue weighted by molar-refractivity contribution is 9.10. The smallest absolute Gasteiger partial charge is 0.124 e. The predicted molar refractivity (Wildman–Crippen MR) is 84.4 cm³/mol. The van der Waals surface area contributed by atoms with Crippen LogP contribution in [0.25, 0.3) is 0 Å². The Morgan fingerprint density at radius 2 is 1.80 bits per heavy atom. The molecule has 2 N–H and O–H groups in total. The van der Waals surface area contributed by atoms with E-state index in [4.69, 9.17) is 14.9 Å². The molecule has 0 aliphatic carbocycles. The molecule has 0 bridgehead atoms. The number of nitrogens with two attached hydrogens (primary N) is 1. The van der Waals surface area contributed by atoms with E-state index in [2.05, 4.69) is 15.9 Å². The quantitative estimate of drug-likeness (QED) is 0.906. The molecule has 0 amide bonds. The molecule has 1 heterocycles. The number of methoxy groups -OCH3 is 1. The van der Waals surface area contributed by atoms with Crippen LogP contribution in [0.3, 0.4) is 0 Å². The minimum absolute atomic E-state index is 0.265. The molecule has 4 heteroatoms. The Labute approximate surface area is 128 Å². The zero-order chi connectivity index (χ0) is 15.0. The third kappa shape index (κ3) is 2.50. The van der Waals surface area contributed by atoms with Gasteiger partial charge in [-0.2, -0.15) is 0 Å². The summed E-state index contributed by atoms with van der Waals surface area (Å²) in [6.07, 6.45) is 0. The molecule has 0 saturated carbocycles. The van der Waals surface area contributed by atoms with Crippen molar-refractivity contribution in [3.8, 4) is 5.75 Å².